The molecule has 8 nitrogen and oxygen atoms in total. The second-order valence-electron chi connectivity index (χ2n) is 6.77. The Labute approximate surface area is 157 Å². The van der Waals surface area contributed by atoms with Crippen LogP contribution in [0.25, 0.3) is 11.0 Å². The summed E-state index contributed by atoms with van der Waals surface area (Å²) in [6, 6.07) is 5.92. The molecule has 3 N–H and O–H groups in total. The molecule has 140 valence electrons. The zero-order valence-electron chi connectivity index (χ0n) is 15.4. The maximum atomic E-state index is 10.2. The van der Waals surface area contributed by atoms with Crippen LogP contribution in [0, 0.1) is 6.92 Å². The van der Waals surface area contributed by atoms with Crippen molar-refractivity contribution in [2.45, 2.75) is 25.5 Å². The van der Waals surface area contributed by atoms with Crippen LogP contribution in [0.15, 0.2) is 36.9 Å². The van der Waals surface area contributed by atoms with Crippen molar-refractivity contribution in [3.8, 4) is 0 Å². The number of nitrogens with one attached hydrogen (secondary N) is 2. The molecule has 1 aliphatic rings. The van der Waals surface area contributed by atoms with E-state index >= 15 is 0 Å². The van der Waals surface area contributed by atoms with Crippen molar-refractivity contribution < 1.29 is 5.11 Å². The Morgan fingerprint density at radius 2 is 1.96 bits per heavy atom. The van der Waals surface area contributed by atoms with Gasteiger partial charge in [0.15, 0.2) is 0 Å². The number of hydrogen-bond acceptors (Lipinski definition) is 8. The summed E-state index contributed by atoms with van der Waals surface area (Å²) in [5.74, 6) is 1.57. The minimum Gasteiger partial charge on any atom is -0.391 e. The van der Waals surface area contributed by atoms with Crippen LogP contribution in [0.1, 0.15) is 12.0 Å². The number of rotatable bonds is 5. The Morgan fingerprint density at radius 3 is 2.81 bits per heavy atom. The molecule has 4 heterocycles. The molecule has 3 aromatic heterocycles. The van der Waals surface area contributed by atoms with Gasteiger partial charge in [-0.3, -0.25) is 9.97 Å². The third kappa shape index (κ3) is 3.48. The highest BCUT2D eigenvalue weighted by molar-refractivity contribution is 5.89. The molecule has 0 spiro atoms. The normalized spacial score (nSPS) is 19.4. The smallest absolute Gasteiger partial charge is 0.134 e. The standard InChI is InChI=1S/C19H23N7O/c1-12-3-5-22-19-15(4-6-21-18(12)19)23-9-13-7-14(27)10-26(13)17-8-16(20-2)24-11-25-17/h3-6,8,11,13-14,27H,7,9-10H2,1-2H3,(H,21,23)(H,20,24,25)/t13-,14-/m1/s1. The number of β-amino-alcohol motifs (C(OH)–C–C–N with tert-alkyl or cyclic N) is 1. The molecule has 27 heavy (non-hydrogen) atoms. The minimum absolute atomic E-state index is 0.118. The van der Waals surface area contributed by atoms with Crippen LogP contribution < -0.4 is 15.5 Å². The Balaban J connectivity index is 1.55. The van der Waals surface area contributed by atoms with E-state index in [1.807, 2.05) is 32.2 Å². The van der Waals surface area contributed by atoms with Crippen molar-refractivity contribution in [2.75, 3.05) is 35.7 Å². The molecule has 4 rings (SSSR count). The summed E-state index contributed by atoms with van der Waals surface area (Å²) in [5, 5.41) is 16.7. The number of anilines is 3. The highest BCUT2D eigenvalue weighted by Crippen LogP contribution is 2.27. The average molecular weight is 365 g/mol. The summed E-state index contributed by atoms with van der Waals surface area (Å²) in [6.07, 6.45) is 5.45. The van der Waals surface area contributed by atoms with Crippen molar-refractivity contribution in [2.24, 2.45) is 0 Å². The number of nitrogens with zero attached hydrogens (tertiary/aromatic N) is 5. The third-order valence-electron chi connectivity index (χ3n) is 4.95. The van der Waals surface area contributed by atoms with Gasteiger partial charge in [-0.15, -0.1) is 0 Å². The summed E-state index contributed by atoms with van der Waals surface area (Å²) in [6.45, 7) is 3.26. The monoisotopic (exact) mass is 365 g/mol. The maximum absolute atomic E-state index is 10.2. The first kappa shape index (κ1) is 17.4. The predicted molar refractivity (Wildman–Crippen MR) is 106 cm³/mol. The molecule has 1 saturated heterocycles. The van der Waals surface area contributed by atoms with Crippen LogP contribution in [0.3, 0.4) is 0 Å². The van der Waals surface area contributed by atoms with Crippen LogP contribution in [-0.4, -0.2) is 57.3 Å². The maximum Gasteiger partial charge on any atom is 0.134 e. The van der Waals surface area contributed by atoms with Gasteiger partial charge in [-0.1, -0.05) is 0 Å². The molecular formula is C19H23N7O. The van der Waals surface area contributed by atoms with Crippen LogP contribution in [-0.2, 0) is 0 Å². The first-order valence-corrected chi connectivity index (χ1v) is 9.04. The summed E-state index contributed by atoms with van der Waals surface area (Å²) >= 11 is 0. The van der Waals surface area contributed by atoms with Gasteiger partial charge in [0.05, 0.1) is 23.3 Å². The fraction of sp³-hybridized carbons (Fsp3) is 0.368. The third-order valence-corrected chi connectivity index (χ3v) is 4.95. The van der Waals surface area contributed by atoms with Gasteiger partial charge in [0.25, 0.3) is 0 Å². The molecule has 0 radical (unpaired) electrons. The Kier molecular flexibility index (Phi) is 4.72. The number of fused-ring (bicyclic) bond motifs is 1. The van der Waals surface area contributed by atoms with Crippen LogP contribution in [0.2, 0.25) is 0 Å². The predicted octanol–water partition coefficient (Wildman–Crippen LogP) is 1.82. The Bertz CT molecular complexity index is 948. The number of pyridine rings is 2. The molecule has 3 aromatic rings. The van der Waals surface area contributed by atoms with E-state index < -0.39 is 0 Å². The lowest BCUT2D eigenvalue weighted by atomic mass is 10.1. The van der Waals surface area contributed by atoms with E-state index in [0.29, 0.717) is 19.5 Å². The molecule has 8 heteroatoms. The average Bonchev–Trinajstić information content (AvgIpc) is 3.07. The number of aliphatic hydroxyl groups excluding tert-OH is 1. The molecule has 1 fully saturated rings. The van der Waals surface area contributed by atoms with Crippen molar-refractivity contribution in [1.82, 2.24) is 19.9 Å². The van der Waals surface area contributed by atoms with E-state index in [2.05, 4.69) is 35.5 Å². The lowest BCUT2D eigenvalue weighted by Crippen LogP contribution is -2.35. The van der Waals surface area contributed by atoms with Gasteiger partial charge in [-0.25, -0.2) is 9.97 Å². The Hall–Kier alpha value is -3.00. The van der Waals surface area contributed by atoms with Gasteiger partial charge < -0.3 is 20.6 Å². The second-order valence-corrected chi connectivity index (χ2v) is 6.77. The zero-order valence-corrected chi connectivity index (χ0v) is 15.4. The first-order valence-electron chi connectivity index (χ1n) is 9.04. The summed E-state index contributed by atoms with van der Waals surface area (Å²) in [5.41, 5.74) is 3.81. The molecule has 2 atom stereocenters. The largest absolute Gasteiger partial charge is 0.391 e. The van der Waals surface area contributed by atoms with Gasteiger partial charge in [-0.2, -0.15) is 0 Å². The van der Waals surface area contributed by atoms with Gasteiger partial charge >= 0.3 is 0 Å². The lowest BCUT2D eigenvalue weighted by Gasteiger charge is -2.26. The number of aliphatic hydroxyl groups is 1. The van der Waals surface area contributed by atoms with Gasteiger partial charge in [-0.05, 0) is 31.0 Å². The van der Waals surface area contributed by atoms with Crippen LogP contribution >= 0.6 is 0 Å². The highest BCUT2D eigenvalue weighted by Gasteiger charge is 2.32. The number of aromatic nitrogens is 4. The van der Waals surface area contributed by atoms with Gasteiger partial charge in [0, 0.05) is 38.6 Å². The van der Waals surface area contributed by atoms with E-state index in [1.165, 1.54) is 0 Å². The van der Waals surface area contributed by atoms with E-state index in [9.17, 15) is 5.11 Å². The van der Waals surface area contributed by atoms with E-state index in [1.54, 1.807) is 18.7 Å². The van der Waals surface area contributed by atoms with Gasteiger partial charge in [0.2, 0.25) is 0 Å². The summed E-state index contributed by atoms with van der Waals surface area (Å²) in [7, 11) is 1.83. The second kappa shape index (κ2) is 7.32. The fourth-order valence-electron chi connectivity index (χ4n) is 3.55. The molecule has 0 saturated carbocycles. The van der Waals surface area contributed by atoms with Crippen molar-refractivity contribution in [3.63, 3.8) is 0 Å². The lowest BCUT2D eigenvalue weighted by molar-refractivity contribution is 0.194. The number of aryl methyl sites for hydroxylation is 1. The molecule has 0 aliphatic carbocycles. The summed E-state index contributed by atoms with van der Waals surface area (Å²) in [4.78, 5) is 19.6. The molecule has 0 bridgehead atoms. The van der Waals surface area contributed by atoms with Crippen molar-refractivity contribution in [3.05, 3.63) is 42.5 Å². The van der Waals surface area contributed by atoms with Crippen LogP contribution in [0.5, 0.6) is 0 Å². The molecule has 1 aliphatic heterocycles. The Morgan fingerprint density at radius 1 is 1.15 bits per heavy atom. The topological polar surface area (TPSA) is 99.1 Å². The van der Waals surface area contributed by atoms with Gasteiger partial charge in [0.1, 0.15) is 23.5 Å². The van der Waals surface area contributed by atoms with E-state index in [0.717, 1.165) is 33.9 Å². The molecule has 0 unspecified atom stereocenters. The quantitative estimate of drug-likeness (QED) is 0.630. The highest BCUT2D eigenvalue weighted by atomic mass is 16.3. The molecule has 0 amide bonds. The van der Waals surface area contributed by atoms with Crippen LogP contribution in [0.4, 0.5) is 17.3 Å². The zero-order chi connectivity index (χ0) is 18.8. The van der Waals surface area contributed by atoms with Crippen molar-refractivity contribution >= 4 is 28.4 Å². The molecule has 0 aromatic carbocycles. The minimum atomic E-state index is -0.376. The SMILES string of the molecule is CNc1cc(N2C[C@H](O)C[C@@H]2CNc2ccnc3c(C)ccnc23)ncn1. The fourth-order valence-corrected chi connectivity index (χ4v) is 3.55. The van der Waals surface area contributed by atoms with Crippen molar-refractivity contribution in [1.29, 1.82) is 0 Å². The molecular weight excluding hydrogens is 342 g/mol. The van der Waals surface area contributed by atoms with E-state index in [4.69, 9.17) is 0 Å². The number of hydrogen-bond donors (Lipinski definition) is 3. The first-order chi connectivity index (χ1) is 13.2. The van der Waals surface area contributed by atoms with E-state index in [-0.39, 0.29) is 12.1 Å². The summed E-state index contributed by atoms with van der Waals surface area (Å²) < 4.78 is 0.